The molecule has 1 aromatic heterocycles. The number of ether oxygens (including phenoxy) is 1. The van der Waals surface area contributed by atoms with Gasteiger partial charge in [-0.1, -0.05) is 13.0 Å². The third kappa shape index (κ3) is 3.41. The number of hydrogen-bond acceptors (Lipinski definition) is 4. The number of H-pyrrole nitrogens is 1. The molecule has 0 aliphatic heterocycles. The Bertz CT molecular complexity index is 694. The number of fused-ring (bicyclic) bond motifs is 1. The molecule has 2 rings (SSSR count). The van der Waals surface area contributed by atoms with Crippen LogP contribution in [0.2, 0.25) is 0 Å². The monoisotopic (exact) mass is 290 g/mol. The van der Waals surface area contributed by atoms with Crippen LogP contribution in [-0.2, 0) is 0 Å². The van der Waals surface area contributed by atoms with Crippen molar-refractivity contribution in [2.75, 3.05) is 19.8 Å². The number of nitrogens with one attached hydrogen (secondary N) is 2. The molecule has 0 saturated heterocycles. The highest BCUT2D eigenvalue weighted by molar-refractivity contribution is 5.95. The number of hydrogen-bond donors (Lipinski definition) is 3. The number of carbonyl (C=O) groups is 1. The van der Waals surface area contributed by atoms with E-state index in [2.05, 4.69) is 10.3 Å². The maximum atomic E-state index is 12.1. The topological polar surface area (TPSA) is 91.4 Å². The van der Waals surface area contributed by atoms with Crippen molar-refractivity contribution in [3.63, 3.8) is 0 Å². The number of amides is 1. The maximum absolute atomic E-state index is 12.1. The van der Waals surface area contributed by atoms with Crippen LogP contribution in [0.25, 0.3) is 10.9 Å². The molecule has 1 aromatic carbocycles. The van der Waals surface area contributed by atoms with E-state index >= 15 is 0 Å². The van der Waals surface area contributed by atoms with Gasteiger partial charge in [0.15, 0.2) is 5.43 Å². The van der Waals surface area contributed by atoms with Gasteiger partial charge in [0.1, 0.15) is 11.4 Å². The molecule has 0 atom stereocenters. The minimum atomic E-state index is -0.437. The summed E-state index contributed by atoms with van der Waals surface area (Å²) in [6, 6.07) is 6.43. The van der Waals surface area contributed by atoms with Crippen LogP contribution in [0.15, 0.2) is 29.1 Å². The van der Waals surface area contributed by atoms with E-state index in [1.807, 2.05) is 6.92 Å². The molecule has 6 nitrogen and oxygen atoms in total. The molecule has 6 heteroatoms. The molecule has 0 unspecified atom stereocenters. The fourth-order valence-electron chi connectivity index (χ4n) is 1.96. The highest BCUT2D eigenvalue weighted by Gasteiger charge is 2.11. The summed E-state index contributed by atoms with van der Waals surface area (Å²) in [4.78, 5) is 26.9. The van der Waals surface area contributed by atoms with Crippen LogP contribution in [0.4, 0.5) is 0 Å². The maximum Gasteiger partial charge on any atom is 0.267 e. The number of carbonyl (C=O) groups excluding carboxylic acids is 1. The Balaban J connectivity index is 2.46. The lowest BCUT2D eigenvalue weighted by molar-refractivity contribution is 0.0940. The van der Waals surface area contributed by atoms with Crippen LogP contribution >= 0.6 is 0 Å². The molecule has 0 bridgehead atoms. The van der Waals surface area contributed by atoms with E-state index in [0.29, 0.717) is 23.3 Å². The Kier molecular flexibility index (Phi) is 4.94. The fourth-order valence-corrected chi connectivity index (χ4v) is 1.96. The van der Waals surface area contributed by atoms with Gasteiger partial charge in [-0.05, 0) is 18.6 Å². The van der Waals surface area contributed by atoms with Crippen LogP contribution in [0, 0.1) is 0 Å². The molecule has 21 heavy (non-hydrogen) atoms. The van der Waals surface area contributed by atoms with Gasteiger partial charge in [-0.15, -0.1) is 0 Å². The van der Waals surface area contributed by atoms with Gasteiger partial charge in [-0.25, -0.2) is 0 Å². The van der Waals surface area contributed by atoms with Crippen LogP contribution < -0.4 is 15.5 Å². The van der Waals surface area contributed by atoms with Gasteiger partial charge in [0.2, 0.25) is 0 Å². The van der Waals surface area contributed by atoms with Crippen molar-refractivity contribution >= 4 is 16.8 Å². The minimum Gasteiger partial charge on any atom is -0.491 e. The van der Waals surface area contributed by atoms with E-state index in [1.165, 1.54) is 6.07 Å². The Morgan fingerprint density at radius 2 is 2.24 bits per heavy atom. The number of aliphatic hydroxyl groups is 1. The fraction of sp³-hybridized carbons (Fsp3) is 0.333. The van der Waals surface area contributed by atoms with Gasteiger partial charge in [0.05, 0.1) is 18.7 Å². The molecule has 1 amide bonds. The van der Waals surface area contributed by atoms with Gasteiger partial charge in [-0.2, -0.15) is 0 Å². The average molecular weight is 290 g/mol. The Morgan fingerprint density at radius 1 is 1.43 bits per heavy atom. The summed E-state index contributed by atoms with van der Waals surface area (Å²) in [7, 11) is 0. The van der Waals surface area contributed by atoms with Crippen LogP contribution in [-0.4, -0.2) is 35.8 Å². The van der Waals surface area contributed by atoms with Crippen molar-refractivity contribution in [3.8, 4) is 5.75 Å². The first-order chi connectivity index (χ1) is 10.2. The number of pyridine rings is 1. The zero-order valence-electron chi connectivity index (χ0n) is 11.8. The molecule has 112 valence electrons. The molecule has 0 aliphatic carbocycles. The van der Waals surface area contributed by atoms with E-state index in [4.69, 9.17) is 9.84 Å². The van der Waals surface area contributed by atoms with Gasteiger partial charge in [0.25, 0.3) is 5.91 Å². The summed E-state index contributed by atoms with van der Waals surface area (Å²) in [5.74, 6) is 0.108. The molecule has 2 aromatic rings. The second-order valence-electron chi connectivity index (χ2n) is 4.55. The molecular weight excluding hydrogens is 272 g/mol. The lowest BCUT2D eigenvalue weighted by Gasteiger charge is -2.10. The van der Waals surface area contributed by atoms with E-state index < -0.39 is 5.91 Å². The lowest BCUT2D eigenvalue weighted by atomic mass is 10.1. The number of benzene rings is 1. The van der Waals surface area contributed by atoms with Crippen molar-refractivity contribution in [1.29, 1.82) is 0 Å². The van der Waals surface area contributed by atoms with Crippen molar-refractivity contribution in [2.24, 2.45) is 0 Å². The first-order valence-corrected chi connectivity index (χ1v) is 6.85. The largest absolute Gasteiger partial charge is 0.491 e. The number of aliphatic hydroxyl groups excluding tert-OH is 1. The van der Waals surface area contributed by atoms with E-state index in [-0.39, 0.29) is 24.3 Å². The molecule has 0 fully saturated rings. The first-order valence-electron chi connectivity index (χ1n) is 6.85. The van der Waals surface area contributed by atoms with Gasteiger partial charge >= 0.3 is 0 Å². The molecule has 0 saturated carbocycles. The molecule has 3 N–H and O–H groups in total. The minimum absolute atomic E-state index is 0.132. The summed E-state index contributed by atoms with van der Waals surface area (Å²) >= 11 is 0. The standard InChI is InChI=1S/C15H18N2O4/c1-2-8-21-13-5-3-4-10-12(19)9-11(17-14(10)13)15(20)16-6-7-18/h3-5,9,18H,2,6-8H2,1H3,(H,16,20)(H,17,19). The summed E-state index contributed by atoms with van der Waals surface area (Å²) in [6.45, 7) is 2.49. The van der Waals surface area contributed by atoms with Gasteiger partial charge in [0, 0.05) is 18.0 Å². The smallest absolute Gasteiger partial charge is 0.267 e. The summed E-state index contributed by atoms with van der Waals surface area (Å²) in [6.07, 6.45) is 0.845. The Labute approximate surface area is 121 Å². The first kappa shape index (κ1) is 15.1. The van der Waals surface area contributed by atoms with Crippen LogP contribution in [0.3, 0.4) is 0 Å². The highest BCUT2D eigenvalue weighted by Crippen LogP contribution is 2.21. The molecule has 0 aliphatic rings. The van der Waals surface area contributed by atoms with Crippen LogP contribution in [0.1, 0.15) is 23.8 Å². The Hall–Kier alpha value is -2.34. The number of aromatic amines is 1. The zero-order chi connectivity index (χ0) is 15.2. The third-order valence-electron chi connectivity index (χ3n) is 2.93. The zero-order valence-corrected chi connectivity index (χ0v) is 11.8. The summed E-state index contributed by atoms with van der Waals surface area (Å²) in [5, 5.41) is 11.7. The lowest BCUT2D eigenvalue weighted by Crippen LogP contribution is -2.28. The SMILES string of the molecule is CCCOc1cccc2c(=O)cc(C(=O)NCCO)[nH]c12. The van der Waals surface area contributed by atoms with Crippen LogP contribution in [0.5, 0.6) is 5.75 Å². The van der Waals surface area contributed by atoms with Gasteiger partial charge < -0.3 is 20.1 Å². The number of rotatable bonds is 6. The molecule has 1 heterocycles. The van der Waals surface area contributed by atoms with Crippen molar-refractivity contribution in [3.05, 3.63) is 40.2 Å². The van der Waals surface area contributed by atoms with Crippen molar-refractivity contribution < 1.29 is 14.6 Å². The third-order valence-corrected chi connectivity index (χ3v) is 2.93. The predicted octanol–water partition coefficient (Wildman–Crippen LogP) is 1.04. The molecular formula is C15H18N2O4. The van der Waals surface area contributed by atoms with Gasteiger partial charge in [-0.3, -0.25) is 9.59 Å². The number of aromatic nitrogens is 1. The number of para-hydroxylation sites is 1. The normalized spacial score (nSPS) is 10.6. The second kappa shape index (κ2) is 6.90. The van der Waals surface area contributed by atoms with E-state index in [0.717, 1.165) is 6.42 Å². The summed E-state index contributed by atoms with van der Waals surface area (Å²) < 4.78 is 5.60. The second-order valence-corrected chi connectivity index (χ2v) is 4.55. The summed E-state index contributed by atoms with van der Waals surface area (Å²) in [5.41, 5.74) is 0.404. The molecule has 0 spiro atoms. The van der Waals surface area contributed by atoms with E-state index in [1.54, 1.807) is 18.2 Å². The predicted molar refractivity (Wildman–Crippen MR) is 79.8 cm³/mol. The van der Waals surface area contributed by atoms with Crippen molar-refractivity contribution in [2.45, 2.75) is 13.3 Å². The quantitative estimate of drug-likeness (QED) is 0.741. The average Bonchev–Trinajstić information content (AvgIpc) is 2.50. The molecule has 0 radical (unpaired) electrons. The van der Waals surface area contributed by atoms with E-state index in [9.17, 15) is 9.59 Å². The highest BCUT2D eigenvalue weighted by atomic mass is 16.5. The Morgan fingerprint density at radius 3 is 2.95 bits per heavy atom. The van der Waals surface area contributed by atoms with Crippen molar-refractivity contribution in [1.82, 2.24) is 10.3 Å².